The fourth-order valence-corrected chi connectivity index (χ4v) is 3.17. The highest BCUT2D eigenvalue weighted by atomic mass is 16.4. The minimum Gasteiger partial charge on any atom is -0.481 e. The summed E-state index contributed by atoms with van der Waals surface area (Å²) in [7, 11) is 0. The van der Waals surface area contributed by atoms with Crippen LogP contribution in [0.4, 0.5) is 0 Å². The van der Waals surface area contributed by atoms with Crippen molar-refractivity contribution >= 4 is 11.9 Å². The van der Waals surface area contributed by atoms with E-state index in [2.05, 4.69) is 13.8 Å². The molecule has 0 amide bonds. The first-order chi connectivity index (χ1) is 12.4. The van der Waals surface area contributed by atoms with Gasteiger partial charge in [-0.1, -0.05) is 62.5 Å². The lowest BCUT2D eigenvalue weighted by Gasteiger charge is -2.08. The summed E-state index contributed by atoms with van der Waals surface area (Å²) in [6, 6.07) is 0. The van der Waals surface area contributed by atoms with Crippen molar-refractivity contribution < 1.29 is 19.8 Å². The quantitative estimate of drug-likeness (QED) is 0.208. The zero-order valence-corrected chi connectivity index (χ0v) is 17.0. The van der Waals surface area contributed by atoms with Gasteiger partial charge in [0, 0.05) is 12.8 Å². The average molecular weight is 369 g/mol. The molecule has 0 aromatic carbocycles. The third-order valence-electron chi connectivity index (χ3n) is 5.11. The molecule has 0 aromatic rings. The molecule has 0 radical (unpaired) electrons. The number of aliphatic carboxylic acids is 2. The van der Waals surface area contributed by atoms with Gasteiger partial charge in [0.25, 0.3) is 0 Å². The van der Waals surface area contributed by atoms with Crippen molar-refractivity contribution in [1.29, 1.82) is 0 Å². The normalized spacial score (nSPS) is 12.1. The Bertz CT molecular complexity index is 374. The lowest BCUT2D eigenvalue weighted by molar-refractivity contribution is -0.138. The van der Waals surface area contributed by atoms with Crippen LogP contribution in [0.5, 0.6) is 0 Å². The largest absolute Gasteiger partial charge is 0.481 e. The van der Waals surface area contributed by atoms with Gasteiger partial charge in [0.2, 0.25) is 0 Å². The van der Waals surface area contributed by atoms with Crippen LogP contribution in [0, 0.1) is 0 Å². The molecule has 0 bridgehead atoms. The van der Waals surface area contributed by atoms with Crippen molar-refractivity contribution in [3.8, 4) is 0 Å². The summed E-state index contributed by atoms with van der Waals surface area (Å²) in [4.78, 5) is 20.8. The van der Waals surface area contributed by atoms with Crippen LogP contribution in [-0.2, 0) is 9.59 Å². The molecule has 0 spiro atoms. The van der Waals surface area contributed by atoms with E-state index in [1.807, 2.05) is 0 Å². The van der Waals surface area contributed by atoms with Crippen LogP contribution in [0.1, 0.15) is 117 Å². The molecule has 0 aliphatic carbocycles. The lowest BCUT2D eigenvalue weighted by Crippen LogP contribution is -1.93. The van der Waals surface area contributed by atoms with E-state index < -0.39 is 11.9 Å². The molecular formula is C22H40O4. The smallest absolute Gasteiger partial charge is 0.303 e. The molecule has 0 saturated heterocycles. The Kier molecular flexibility index (Phi) is 16.2. The topological polar surface area (TPSA) is 74.6 Å². The van der Waals surface area contributed by atoms with Crippen LogP contribution < -0.4 is 0 Å². The first kappa shape index (κ1) is 24.7. The molecule has 0 heterocycles. The molecule has 4 heteroatoms. The van der Waals surface area contributed by atoms with Crippen molar-refractivity contribution in [2.24, 2.45) is 0 Å². The molecule has 26 heavy (non-hydrogen) atoms. The first-order valence-electron chi connectivity index (χ1n) is 10.5. The molecule has 2 N–H and O–H groups in total. The molecule has 0 aromatic heterocycles. The van der Waals surface area contributed by atoms with Crippen LogP contribution in [-0.4, -0.2) is 22.2 Å². The average Bonchev–Trinajstić information content (AvgIpc) is 2.58. The summed E-state index contributed by atoms with van der Waals surface area (Å²) in [5.74, 6) is -1.36. The van der Waals surface area contributed by atoms with Gasteiger partial charge in [-0.15, -0.1) is 0 Å². The molecule has 152 valence electrons. The Balaban J connectivity index is 3.51. The Morgan fingerprint density at radius 2 is 0.692 bits per heavy atom. The van der Waals surface area contributed by atoms with Crippen molar-refractivity contribution in [3.63, 3.8) is 0 Å². The molecule has 4 nitrogen and oxygen atoms in total. The van der Waals surface area contributed by atoms with E-state index in [1.165, 1.54) is 62.5 Å². The van der Waals surface area contributed by atoms with Crippen molar-refractivity contribution in [3.05, 3.63) is 11.1 Å². The summed E-state index contributed by atoms with van der Waals surface area (Å²) in [5.41, 5.74) is 3.08. The summed E-state index contributed by atoms with van der Waals surface area (Å²) in [5, 5.41) is 17.2. The minimum atomic E-state index is -0.681. The van der Waals surface area contributed by atoms with Crippen molar-refractivity contribution in [2.75, 3.05) is 0 Å². The van der Waals surface area contributed by atoms with Crippen LogP contribution in [0.25, 0.3) is 0 Å². The highest BCUT2D eigenvalue weighted by Gasteiger charge is 2.01. The first-order valence-corrected chi connectivity index (χ1v) is 10.5. The molecule has 0 saturated carbocycles. The van der Waals surface area contributed by atoms with Crippen molar-refractivity contribution in [2.45, 2.75) is 117 Å². The van der Waals surface area contributed by atoms with Gasteiger partial charge in [0.1, 0.15) is 0 Å². The van der Waals surface area contributed by atoms with E-state index in [4.69, 9.17) is 10.2 Å². The Hall–Kier alpha value is -1.32. The molecule has 0 unspecified atom stereocenters. The number of rotatable bonds is 18. The summed E-state index contributed by atoms with van der Waals surface area (Å²) in [6.45, 7) is 4.52. The number of hydrogen-bond acceptors (Lipinski definition) is 2. The second kappa shape index (κ2) is 17.1. The van der Waals surface area contributed by atoms with Crippen LogP contribution in [0.15, 0.2) is 11.1 Å². The van der Waals surface area contributed by atoms with Gasteiger partial charge in [-0.05, 0) is 52.4 Å². The monoisotopic (exact) mass is 368 g/mol. The molecule has 0 aliphatic rings. The maximum absolute atomic E-state index is 10.4. The third-order valence-corrected chi connectivity index (χ3v) is 5.11. The van der Waals surface area contributed by atoms with Crippen LogP contribution >= 0.6 is 0 Å². The van der Waals surface area contributed by atoms with Gasteiger partial charge in [-0.25, -0.2) is 0 Å². The summed E-state index contributed by atoms with van der Waals surface area (Å²) >= 11 is 0. The number of carbonyl (C=O) groups is 2. The Morgan fingerprint density at radius 1 is 0.462 bits per heavy atom. The van der Waals surface area contributed by atoms with E-state index in [0.29, 0.717) is 12.8 Å². The van der Waals surface area contributed by atoms with Gasteiger partial charge in [0.15, 0.2) is 0 Å². The minimum absolute atomic E-state index is 0.309. The third kappa shape index (κ3) is 17.5. The van der Waals surface area contributed by atoms with E-state index in [0.717, 1.165) is 38.5 Å². The van der Waals surface area contributed by atoms with E-state index >= 15 is 0 Å². The predicted molar refractivity (Wildman–Crippen MR) is 108 cm³/mol. The van der Waals surface area contributed by atoms with E-state index in [1.54, 1.807) is 0 Å². The van der Waals surface area contributed by atoms with E-state index in [-0.39, 0.29) is 0 Å². The predicted octanol–water partition coefficient (Wildman–Crippen LogP) is 6.73. The lowest BCUT2D eigenvalue weighted by atomic mass is 9.98. The van der Waals surface area contributed by atoms with Crippen LogP contribution in [0.2, 0.25) is 0 Å². The highest BCUT2D eigenvalue weighted by molar-refractivity contribution is 5.66. The fourth-order valence-electron chi connectivity index (χ4n) is 3.17. The Labute approximate surface area is 160 Å². The van der Waals surface area contributed by atoms with Gasteiger partial charge < -0.3 is 10.2 Å². The molecule has 0 aliphatic heterocycles. The highest BCUT2D eigenvalue weighted by Crippen LogP contribution is 2.19. The summed E-state index contributed by atoms with van der Waals surface area (Å²) in [6.07, 6.45) is 16.4. The number of carboxylic acid groups (broad SMARTS) is 2. The van der Waals surface area contributed by atoms with Gasteiger partial charge in [-0.3, -0.25) is 9.59 Å². The maximum Gasteiger partial charge on any atom is 0.303 e. The second-order valence-corrected chi connectivity index (χ2v) is 7.59. The van der Waals surface area contributed by atoms with Gasteiger partial charge in [-0.2, -0.15) is 0 Å². The number of carboxylic acids is 2. The van der Waals surface area contributed by atoms with E-state index in [9.17, 15) is 9.59 Å². The molecule has 0 fully saturated rings. The molecule has 0 rings (SSSR count). The van der Waals surface area contributed by atoms with Gasteiger partial charge >= 0.3 is 11.9 Å². The summed E-state index contributed by atoms with van der Waals surface area (Å²) < 4.78 is 0. The zero-order valence-electron chi connectivity index (χ0n) is 17.0. The number of allylic oxidation sites excluding steroid dienone is 2. The number of unbranched alkanes of at least 4 members (excludes halogenated alkanes) is 10. The standard InChI is InChI=1S/C22H40O4/c1-19(15-11-7-3-5-9-13-17-21(23)24)20(2)16-12-8-4-6-10-14-18-22(25)26/h3-18H2,1-2H3,(H,23,24)(H,25,26). The second-order valence-electron chi connectivity index (χ2n) is 7.59. The molecular weight excluding hydrogens is 328 g/mol. The maximum atomic E-state index is 10.4. The van der Waals surface area contributed by atoms with Crippen LogP contribution in [0.3, 0.4) is 0 Å². The SMILES string of the molecule is CC(CCCCCCCCC(=O)O)=C(C)CCCCCCCCC(=O)O. The van der Waals surface area contributed by atoms with Crippen molar-refractivity contribution in [1.82, 2.24) is 0 Å². The fraction of sp³-hybridized carbons (Fsp3) is 0.818. The van der Waals surface area contributed by atoms with Gasteiger partial charge in [0.05, 0.1) is 0 Å². The molecule has 0 atom stereocenters. The Morgan fingerprint density at radius 3 is 0.962 bits per heavy atom. The zero-order chi connectivity index (χ0) is 19.6. The number of hydrogen-bond donors (Lipinski definition) is 2.